The molecule has 0 aromatic carbocycles. The summed E-state index contributed by atoms with van der Waals surface area (Å²) in [6.45, 7) is 2.39. The number of nitrogens with zero attached hydrogens (tertiary/aromatic N) is 1. The molecule has 0 spiro atoms. The van der Waals surface area contributed by atoms with Gasteiger partial charge >= 0.3 is 0 Å². The van der Waals surface area contributed by atoms with E-state index in [9.17, 15) is 4.79 Å². The summed E-state index contributed by atoms with van der Waals surface area (Å²) in [5, 5.41) is 0. The number of ether oxygens (including phenoxy) is 1. The van der Waals surface area contributed by atoms with Crippen LogP contribution in [0.3, 0.4) is 0 Å². The smallest absolute Gasteiger partial charge is 0.293 e. The van der Waals surface area contributed by atoms with Crippen molar-refractivity contribution in [3.63, 3.8) is 0 Å². The molecule has 0 unspecified atom stereocenters. The first-order valence-electron chi connectivity index (χ1n) is 11.0. The van der Waals surface area contributed by atoms with Gasteiger partial charge in [0.15, 0.2) is 0 Å². The second-order valence-corrected chi connectivity index (χ2v) is 7.78. The molecule has 0 bridgehead atoms. The molecule has 0 radical (unpaired) electrons. The standard InChI is InChI=1S/C22H45NO2/c1-23(2)20-18-16-14-12-10-8-6-4-3-5-7-9-11-13-15-17-19-21-25-22-24/h22H,3-21H2,1-2H3. The van der Waals surface area contributed by atoms with Crippen molar-refractivity contribution in [3.05, 3.63) is 0 Å². The molecule has 0 saturated carbocycles. The largest absolute Gasteiger partial charge is 0.468 e. The normalized spacial score (nSPS) is 11.2. The highest BCUT2D eigenvalue weighted by molar-refractivity contribution is 5.36. The van der Waals surface area contributed by atoms with Gasteiger partial charge in [-0.1, -0.05) is 96.3 Å². The van der Waals surface area contributed by atoms with Crippen LogP contribution in [0.15, 0.2) is 0 Å². The fraction of sp³-hybridized carbons (Fsp3) is 0.955. The van der Waals surface area contributed by atoms with Gasteiger partial charge in [0.1, 0.15) is 0 Å². The van der Waals surface area contributed by atoms with Gasteiger partial charge < -0.3 is 9.64 Å². The van der Waals surface area contributed by atoms with Crippen LogP contribution in [-0.2, 0) is 9.53 Å². The minimum absolute atomic E-state index is 0.549. The van der Waals surface area contributed by atoms with E-state index < -0.39 is 0 Å². The van der Waals surface area contributed by atoms with Crippen molar-refractivity contribution >= 4 is 6.47 Å². The molecule has 0 aromatic heterocycles. The van der Waals surface area contributed by atoms with Gasteiger partial charge in [0.05, 0.1) is 6.61 Å². The Kier molecular flexibility index (Phi) is 21.0. The molecular formula is C22H45NO2. The van der Waals surface area contributed by atoms with E-state index in [1.165, 1.54) is 109 Å². The number of hydrogen-bond donors (Lipinski definition) is 0. The quantitative estimate of drug-likeness (QED) is 0.177. The molecule has 0 heterocycles. The van der Waals surface area contributed by atoms with E-state index in [1.807, 2.05) is 0 Å². The zero-order valence-corrected chi connectivity index (χ0v) is 17.3. The Morgan fingerprint density at radius 1 is 0.560 bits per heavy atom. The summed E-state index contributed by atoms with van der Waals surface area (Å²) in [5.74, 6) is 0. The van der Waals surface area contributed by atoms with Crippen LogP contribution in [0.2, 0.25) is 0 Å². The SMILES string of the molecule is CN(C)CCCCCCCCCCCCCCCCCCCOC=O. The molecule has 150 valence electrons. The van der Waals surface area contributed by atoms with Gasteiger partial charge in [-0.25, -0.2) is 0 Å². The first-order valence-corrected chi connectivity index (χ1v) is 11.0. The predicted molar refractivity (Wildman–Crippen MR) is 109 cm³/mol. The maximum atomic E-state index is 9.98. The van der Waals surface area contributed by atoms with Gasteiger partial charge in [-0.2, -0.15) is 0 Å². The average Bonchev–Trinajstić information content (AvgIpc) is 2.60. The zero-order chi connectivity index (χ0) is 18.4. The number of rotatable bonds is 21. The summed E-state index contributed by atoms with van der Waals surface area (Å²) < 4.78 is 4.69. The predicted octanol–water partition coefficient (Wildman–Crippen LogP) is 6.35. The molecule has 0 aliphatic heterocycles. The summed E-state index contributed by atoms with van der Waals surface area (Å²) in [5.41, 5.74) is 0. The van der Waals surface area contributed by atoms with Crippen LogP contribution in [0, 0.1) is 0 Å². The molecule has 3 heteroatoms. The second-order valence-electron chi connectivity index (χ2n) is 7.78. The van der Waals surface area contributed by atoms with Crippen molar-refractivity contribution in [2.24, 2.45) is 0 Å². The Morgan fingerprint density at radius 2 is 0.880 bits per heavy atom. The second kappa shape index (κ2) is 21.5. The summed E-state index contributed by atoms with van der Waals surface area (Å²) in [6.07, 6.45) is 23.3. The first kappa shape index (κ1) is 24.4. The Balaban J connectivity index is 2.97. The zero-order valence-electron chi connectivity index (χ0n) is 17.3. The van der Waals surface area contributed by atoms with Gasteiger partial charge in [-0.05, 0) is 33.5 Å². The van der Waals surface area contributed by atoms with Crippen LogP contribution in [-0.4, -0.2) is 38.6 Å². The lowest BCUT2D eigenvalue weighted by Gasteiger charge is -2.08. The van der Waals surface area contributed by atoms with Crippen molar-refractivity contribution in [3.8, 4) is 0 Å². The number of carbonyl (C=O) groups excluding carboxylic acids is 1. The molecule has 0 aliphatic rings. The minimum atomic E-state index is 0.549. The highest BCUT2D eigenvalue weighted by Gasteiger charge is 1.95. The Hall–Kier alpha value is -0.570. The molecule has 0 saturated heterocycles. The molecule has 3 nitrogen and oxygen atoms in total. The lowest BCUT2D eigenvalue weighted by atomic mass is 10.0. The van der Waals surface area contributed by atoms with E-state index in [2.05, 4.69) is 23.7 Å². The van der Waals surface area contributed by atoms with Crippen molar-refractivity contribution in [2.45, 2.75) is 109 Å². The lowest BCUT2D eigenvalue weighted by Crippen LogP contribution is -2.12. The number of carbonyl (C=O) groups is 1. The minimum Gasteiger partial charge on any atom is -0.468 e. The fourth-order valence-electron chi connectivity index (χ4n) is 3.31. The van der Waals surface area contributed by atoms with Crippen molar-refractivity contribution in [1.82, 2.24) is 4.90 Å². The van der Waals surface area contributed by atoms with Gasteiger partial charge in [0.25, 0.3) is 6.47 Å². The van der Waals surface area contributed by atoms with Crippen molar-refractivity contribution in [1.29, 1.82) is 0 Å². The van der Waals surface area contributed by atoms with E-state index in [1.54, 1.807) is 0 Å². The van der Waals surface area contributed by atoms with E-state index in [0.717, 1.165) is 6.42 Å². The average molecular weight is 356 g/mol. The van der Waals surface area contributed by atoms with E-state index in [0.29, 0.717) is 13.1 Å². The highest BCUT2D eigenvalue weighted by Crippen LogP contribution is 2.14. The number of unbranched alkanes of at least 4 members (excludes halogenated alkanes) is 16. The molecule has 0 N–H and O–H groups in total. The van der Waals surface area contributed by atoms with Crippen LogP contribution in [0.25, 0.3) is 0 Å². The molecule has 0 atom stereocenters. The highest BCUT2D eigenvalue weighted by atomic mass is 16.5. The maximum absolute atomic E-state index is 9.98. The van der Waals surface area contributed by atoms with E-state index >= 15 is 0 Å². The Labute approximate surface area is 157 Å². The summed E-state index contributed by atoms with van der Waals surface area (Å²) >= 11 is 0. The van der Waals surface area contributed by atoms with Crippen LogP contribution in [0.5, 0.6) is 0 Å². The molecule has 0 aliphatic carbocycles. The van der Waals surface area contributed by atoms with Crippen LogP contribution >= 0.6 is 0 Å². The molecule has 0 fully saturated rings. The van der Waals surface area contributed by atoms with Gasteiger partial charge in [0.2, 0.25) is 0 Å². The topological polar surface area (TPSA) is 29.5 Å². The Bertz CT molecular complexity index is 256. The maximum Gasteiger partial charge on any atom is 0.293 e. The molecular weight excluding hydrogens is 310 g/mol. The van der Waals surface area contributed by atoms with Gasteiger partial charge in [0, 0.05) is 0 Å². The van der Waals surface area contributed by atoms with Crippen LogP contribution in [0.1, 0.15) is 109 Å². The van der Waals surface area contributed by atoms with E-state index in [4.69, 9.17) is 0 Å². The summed E-state index contributed by atoms with van der Waals surface area (Å²) in [6, 6.07) is 0. The van der Waals surface area contributed by atoms with Gasteiger partial charge in [-0.3, -0.25) is 4.79 Å². The summed E-state index contributed by atoms with van der Waals surface area (Å²) in [4.78, 5) is 12.3. The van der Waals surface area contributed by atoms with Gasteiger partial charge in [-0.15, -0.1) is 0 Å². The first-order chi connectivity index (χ1) is 12.3. The van der Waals surface area contributed by atoms with Crippen LogP contribution < -0.4 is 0 Å². The summed E-state index contributed by atoms with van der Waals surface area (Å²) in [7, 11) is 4.32. The monoisotopic (exact) mass is 355 g/mol. The van der Waals surface area contributed by atoms with E-state index in [-0.39, 0.29) is 0 Å². The van der Waals surface area contributed by atoms with Crippen LogP contribution in [0.4, 0.5) is 0 Å². The third-order valence-electron chi connectivity index (χ3n) is 4.94. The molecule has 0 amide bonds. The molecule has 0 aromatic rings. The third kappa shape index (κ3) is 23.4. The lowest BCUT2D eigenvalue weighted by molar-refractivity contribution is -0.128. The Morgan fingerprint density at radius 3 is 1.20 bits per heavy atom. The third-order valence-corrected chi connectivity index (χ3v) is 4.94. The van der Waals surface area contributed by atoms with Crippen molar-refractivity contribution < 1.29 is 9.53 Å². The van der Waals surface area contributed by atoms with Crippen molar-refractivity contribution in [2.75, 3.05) is 27.2 Å². The molecule has 25 heavy (non-hydrogen) atoms. The fourth-order valence-corrected chi connectivity index (χ4v) is 3.31. The molecule has 0 rings (SSSR count). The number of hydrogen-bond acceptors (Lipinski definition) is 3.